The number of halogens is 2. The standard InChI is InChI=1S/C8H8BrClO/c1-11-8-3-6(5-10)2-7(9)4-8/h2-4H,5H2,1H3. The van der Waals surface area contributed by atoms with Crippen LogP contribution in [0.2, 0.25) is 0 Å². The lowest BCUT2D eigenvalue weighted by Gasteiger charge is -2.02. The Morgan fingerprint density at radius 2 is 2.18 bits per heavy atom. The number of rotatable bonds is 2. The fraction of sp³-hybridized carbons (Fsp3) is 0.250. The van der Waals surface area contributed by atoms with Crippen molar-refractivity contribution in [2.75, 3.05) is 7.11 Å². The fourth-order valence-corrected chi connectivity index (χ4v) is 1.49. The maximum atomic E-state index is 5.65. The number of benzene rings is 1. The molecule has 1 nitrogen and oxygen atoms in total. The smallest absolute Gasteiger partial charge is 0.120 e. The van der Waals surface area contributed by atoms with Crippen LogP contribution in [0.5, 0.6) is 5.75 Å². The summed E-state index contributed by atoms with van der Waals surface area (Å²) in [7, 11) is 1.64. The Hall–Kier alpha value is -0.210. The quantitative estimate of drug-likeness (QED) is 0.715. The Labute approximate surface area is 79.4 Å². The topological polar surface area (TPSA) is 9.23 Å². The summed E-state index contributed by atoms with van der Waals surface area (Å²) in [4.78, 5) is 0. The third-order valence-corrected chi connectivity index (χ3v) is 2.09. The van der Waals surface area contributed by atoms with E-state index < -0.39 is 0 Å². The Kier molecular flexibility index (Phi) is 3.21. The molecule has 0 atom stereocenters. The summed E-state index contributed by atoms with van der Waals surface area (Å²) >= 11 is 9.01. The van der Waals surface area contributed by atoms with E-state index in [-0.39, 0.29) is 0 Å². The molecule has 0 N–H and O–H groups in total. The molecule has 0 saturated heterocycles. The van der Waals surface area contributed by atoms with Gasteiger partial charge in [-0.3, -0.25) is 0 Å². The van der Waals surface area contributed by atoms with Crippen LogP contribution < -0.4 is 4.74 Å². The lowest BCUT2D eigenvalue weighted by molar-refractivity contribution is 0.414. The first-order valence-electron chi connectivity index (χ1n) is 3.15. The monoisotopic (exact) mass is 234 g/mol. The first-order chi connectivity index (χ1) is 5.26. The second-order valence-corrected chi connectivity index (χ2v) is 3.32. The van der Waals surface area contributed by atoms with Crippen molar-refractivity contribution in [2.45, 2.75) is 5.88 Å². The summed E-state index contributed by atoms with van der Waals surface area (Å²) in [5.74, 6) is 1.34. The van der Waals surface area contributed by atoms with Crippen LogP contribution >= 0.6 is 27.5 Å². The van der Waals surface area contributed by atoms with E-state index in [1.54, 1.807) is 7.11 Å². The van der Waals surface area contributed by atoms with Gasteiger partial charge in [0.15, 0.2) is 0 Å². The molecule has 0 heterocycles. The van der Waals surface area contributed by atoms with Gasteiger partial charge in [0.2, 0.25) is 0 Å². The SMILES string of the molecule is COc1cc(Br)cc(CCl)c1. The van der Waals surface area contributed by atoms with Gasteiger partial charge >= 0.3 is 0 Å². The maximum Gasteiger partial charge on any atom is 0.120 e. The van der Waals surface area contributed by atoms with Gasteiger partial charge in [-0.1, -0.05) is 15.9 Å². The fourth-order valence-electron chi connectivity index (χ4n) is 0.816. The summed E-state index contributed by atoms with van der Waals surface area (Å²) in [6.07, 6.45) is 0. The third kappa shape index (κ3) is 2.38. The lowest BCUT2D eigenvalue weighted by Crippen LogP contribution is -1.85. The molecule has 0 unspecified atom stereocenters. The first kappa shape index (κ1) is 8.88. The zero-order valence-electron chi connectivity index (χ0n) is 6.10. The van der Waals surface area contributed by atoms with Crippen molar-refractivity contribution in [1.29, 1.82) is 0 Å². The summed E-state index contributed by atoms with van der Waals surface area (Å²) in [5, 5.41) is 0. The molecule has 0 amide bonds. The van der Waals surface area contributed by atoms with Crippen LogP contribution in [0, 0.1) is 0 Å². The Bertz CT molecular complexity index is 228. The van der Waals surface area contributed by atoms with Gasteiger partial charge in [0.05, 0.1) is 7.11 Å². The van der Waals surface area contributed by atoms with Gasteiger partial charge in [-0.15, -0.1) is 11.6 Å². The molecule has 0 saturated carbocycles. The van der Waals surface area contributed by atoms with E-state index in [0.29, 0.717) is 5.88 Å². The first-order valence-corrected chi connectivity index (χ1v) is 4.48. The lowest BCUT2D eigenvalue weighted by atomic mass is 10.2. The van der Waals surface area contributed by atoms with E-state index in [4.69, 9.17) is 16.3 Å². The van der Waals surface area contributed by atoms with Gasteiger partial charge < -0.3 is 4.74 Å². The van der Waals surface area contributed by atoms with Gasteiger partial charge in [-0.05, 0) is 23.8 Å². The molecule has 0 radical (unpaired) electrons. The highest BCUT2D eigenvalue weighted by Gasteiger charge is 1.97. The molecule has 0 aliphatic rings. The van der Waals surface area contributed by atoms with Gasteiger partial charge in [-0.2, -0.15) is 0 Å². The highest BCUT2D eigenvalue weighted by Crippen LogP contribution is 2.21. The van der Waals surface area contributed by atoms with Crippen molar-refractivity contribution in [2.24, 2.45) is 0 Å². The van der Waals surface area contributed by atoms with Crippen molar-refractivity contribution in [3.63, 3.8) is 0 Å². The van der Waals surface area contributed by atoms with Crippen LogP contribution in [0.3, 0.4) is 0 Å². The molecule has 1 aromatic rings. The average Bonchev–Trinajstić information content (AvgIpc) is 2.03. The van der Waals surface area contributed by atoms with Gasteiger partial charge in [0.25, 0.3) is 0 Å². The van der Waals surface area contributed by atoms with Crippen molar-refractivity contribution in [1.82, 2.24) is 0 Å². The van der Waals surface area contributed by atoms with Crippen LogP contribution in [-0.4, -0.2) is 7.11 Å². The molecular formula is C8H8BrClO. The molecule has 60 valence electrons. The summed E-state index contributed by atoms with van der Waals surface area (Å²) in [6, 6.07) is 5.78. The molecule has 1 rings (SSSR count). The van der Waals surface area contributed by atoms with Crippen LogP contribution in [0.15, 0.2) is 22.7 Å². The second kappa shape index (κ2) is 3.98. The molecular weight excluding hydrogens is 227 g/mol. The van der Waals surface area contributed by atoms with Crippen LogP contribution in [0.25, 0.3) is 0 Å². The minimum Gasteiger partial charge on any atom is -0.497 e. The van der Waals surface area contributed by atoms with Crippen LogP contribution in [0.4, 0.5) is 0 Å². The Morgan fingerprint density at radius 1 is 1.45 bits per heavy atom. The molecule has 0 bridgehead atoms. The van der Waals surface area contributed by atoms with Gasteiger partial charge in [0, 0.05) is 10.4 Å². The molecule has 0 spiro atoms. The van der Waals surface area contributed by atoms with E-state index in [1.807, 2.05) is 18.2 Å². The highest BCUT2D eigenvalue weighted by atomic mass is 79.9. The Morgan fingerprint density at radius 3 is 2.73 bits per heavy atom. The van der Waals surface area contributed by atoms with E-state index in [9.17, 15) is 0 Å². The zero-order chi connectivity index (χ0) is 8.27. The van der Waals surface area contributed by atoms with E-state index in [2.05, 4.69) is 15.9 Å². The molecule has 0 fully saturated rings. The van der Waals surface area contributed by atoms with Crippen LogP contribution in [-0.2, 0) is 5.88 Å². The summed E-state index contributed by atoms with van der Waals surface area (Å²) in [6.45, 7) is 0. The van der Waals surface area contributed by atoms with Crippen molar-refractivity contribution in [3.8, 4) is 5.75 Å². The predicted octanol–water partition coefficient (Wildman–Crippen LogP) is 3.20. The maximum absolute atomic E-state index is 5.65. The Balaban J connectivity index is 3.02. The van der Waals surface area contributed by atoms with Crippen molar-refractivity contribution >= 4 is 27.5 Å². The highest BCUT2D eigenvalue weighted by molar-refractivity contribution is 9.10. The predicted molar refractivity (Wildman–Crippen MR) is 50.3 cm³/mol. The van der Waals surface area contributed by atoms with Crippen LogP contribution in [0.1, 0.15) is 5.56 Å². The second-order valence-electron chi connectivity index (χ2n) is 2.13. The number of hydrogen-bond donors (Lipinski definition) is 0. The normalized spacial score (nSPS) is 9.73. The minimum absolute atomic E-state index is 0.510. The number of methoxy groups -OCH3 is 1. The van der Waals surface area contributed by atoms with E-state index in [1.165, 1.54) is 0 Å². The molecule has 1 aromatic carbocycles. The van der Waals surface area contributed by atoms with E-state index >= 15 is 0 Å². The molecule has 0 aliphatic carbocycles. The molecule has 0 aliphatic heterocycles. The van der Waals surface area contributed by atoms with Crippen molar-refractivity contribution in [3.05, 3.63) is 28.2 Å². The average molecular weight is 236 g/mol. The van der Waals surface area contributed by atoms with Crippen molar-refractivity contribution < 1.29 is 4.74 Å². The largest absolute Gasteiger partial charge is 0.497 e. The van der Waals surface area contributed by atoms with Gasteiger partial charge in [-0.25, -0.2) is 0 Å². The minimum atomic E-state index is 0.510. The number of alkyl halides is 1. The van der Waals surface area contributed by atoms with Gasteiger partial charge in [0.1, 0.15) is 5.75 Å². The molecule has 11 heavy (non-hydrogen) atoms. The molecule has 0 aromatic heterocycles. The number of hydrogen-bond acceptors (Lipinski definition) is 1. The zero-order valence-corrected chi connectivity index (χ0v) is 8.45. The number of ether oxygens (including phenoxy) is 1. The third-order valence-electron chi connectivity index (χ3n) is 1.32. The summed E-state index contributed by atoms with van der Waals surface area (Å²) < 4.78 is 6.04. The molecule has 3 heteroatoms. The van der Waals surface area contributed by atoms with E-state index in [0.717, 1.165) is 15.8 Å². The summed E-state index contributed by atoms with van der Waals surface area (Å²) in [5.41, 5.74) is 1.05.